The Bertz CT molecular complexity index is 695. The zero-order chi connectivity index (χ0) is 15.5. The second-order valence-electron chi connectivity index (χ2n) is 5.96. The second kappa shape index (κ2) is 5.96. The third kappa shape index (κ3) is 3.60. The third-order valence-corrected chi connectivity index (χ3v) is 3.72. The van der Waals surface area contributed by atoms with Crippen LogP contribution in [0.1, 0.15) is 33.1 Å². The lowest BCUT2D eigenvalue weighted by atomic mass is 9.89. The van der Waals surface area contributed by atoms with Gasteiger partial charge in [-0.3, -0.25) is 10.1 Å². The lowest BCUT2D eigenvalue weighted by Crippen LogP contribution is -2.08. The van der Waals surface area contributed by atoms with Crippen molar-refractivity contribution in [3.8, 4) is 6.07 Å². The quantitative estimate of drug-likeness (QED) is 0.452. The Kier molecular flexibility index (Phi) is 4.27. The van der Waals surface area contributed by atoms with Gasteiger partial charge in [0.2, 0.25) is 0 Å². The maximum absolute atomic E-state index is 10.8. The highest BCUT2D eigenvalue weighted by Crippen LogP contribution is 2.24. The van der Waals surface area contributed by atoms with Crippen molar-refractivity contribution in [2.24, 2.45) is 5.41 Å². The fourth-order valence-electron chi connectivity index (χ4n) is 2.39. The second-order valence-corrected chi connectivity index (χ2v) is 5.96. The molecule has 0 aliphatic carbocycles. The van der Waals surface area contributed by atoms with Crippen LogP contribution in [0, 0.1) is 26.9 Å². The van der Waals surface area contributed by atoms with E-state index in [0.717, 1.165) is 36.7 Å². The Balaban J connectivity index is 2.04. The van der Waals surface area contributed by atoms with E-state index in [-0.39, 0.29) is 16.0 Å². The van der Waals surface area contributed by atoms with Crippen molar-refractivity contribution in [2.45, 2.75) is 39.7 Å². The van der Waals surface area contributed by atoms with Crippen molar-refractivity contribution in [1.82, 2.24) is 4.57 Å². The molecule has 0 radical (unpaired) electrons. The van der Waals surface area contributed by atoms with Crippen molar-refractivity contribution >= 4 is 16.6 Å². The van der Waals surface area contributed by atoms with Gasteiger partial charge in [0.1, 0.15) is 0 Å². The summed E-state index contributed by atoms with van der Waals surface area (Å²) < 4.78 is 2.04. The monoisotopic (exact) mass is 285 g/mol. The van der Waals surface area contributed by atoms with Gasteiger partial charge < -0.3 is 4.57 Å². The summed E-state index contributed by atoms with van der Waals surface area (Å²) in [5.41, 5.74) is 0.731. The molecule has 0 fully saturated rings. The predicted molar refractivity (Wildman–Crippen MR) is 81.8 cm³/mol. The Morgan fingerprint density at radius 1 is 1.33 bits per heavy atom. The van der Waals surface area contributed by atoms with Crippen molar-refractivity contribution in [3.05, 3.63) is 40.6 Å². The summed E-state index contributed by atoms with van der Waals surface area (Å²) in [6.07, 6.45) is 4.75. The molecule has 1 heterocycles. The van der Waals surface area contributed by atoms with Crippen LogP contribution in [0.25, 0.3) is 10.9 Å². The van der Waals surface area contributed by atoms with E-state index in [0.29, 0.717) is 0 Å². The molecular formula is C16H19N3O2. The molecule has 0 amide bonds. The van der Waals surface area contributed by atoms with Crippen LogP contribution in [-0.2, 0) is 6.54 Å². The highest BCUT2D eigenvalue weighted by Gasteiger charge is 2.15. The Morgan fingerprint density at radius 3 is 2.76 bits per heavy atom. The lowest BCUT2D eigenvalue weighted by molar-refractivity contribution is -0.384. The average Bonchev–Trinajstić information content (AvgIpc) is 2.86. The molecule has 0 aliphatic heterocycles. The van der Waals surface area contributed by atoms with E-state index in [1.165, 1.54) is 6.07 Å². The van der Waals surface area contributed by atoms with Gasteiger partial charge in [0.15, 0.2) is 0 Å². The Morgan fingerprint density at radius 2 is 2.10 bits per heavy atom. The highest BCUT2D eigenvalue weighted by molar-refractivity contribution is 5.82. The van der Waals surface area contributed by atoms with E-state index in [1.54, 1.807) is 12.1 Å². The van der Waals surface area contributed by atoms with Crippen LogP contribution in [0.3, 0.4) is 0 Å². The van der Waals surface area contributed by atoms with Gasteiger partial charge in [-0.25, -0.2) is 0 Å². The molecule has 0 spiro atoms. The SMILES string of the molecule is CC(C)(C#N)CCCCn1ccc2ccc([N+](=O)[O-])cc21. The van der Waals surface area contributed by atoms with Crippen LogP contribution >= 0.6 is 0 Å². The Hall–Kier alpha value is -2.35. The molecule has 1 aromatic carbocycles. The summed E-state index contributed by atoms with van der Waals surface area (Å²) in [6.45, 7) is 4.70. The molecule has 21 heavy (non-hydrogen) atoms. The summed E-state index contributed by atoms with van der Waals surface area (Å²) >= 11 is 0. The van der Waals surface area contributed by atoms with Crippen LogP contribution in [0.15, 0.2) is 30.5 Å². The van der Waals surface area contributed by atoms with Gasteiger partial charge in [-0.15, -0.1) is 0 Å². The van der Waals surface area contributed by atoms with E-state index in [2.05, 4.69) is 6.07 Å². The summed E-state index contributed by atoms with van der Waals surface area (Å²) in [7, 11) is 0. The van der Waals surface area contributed by atoms with Crippen molar-refractivity contribution in [1.29, 1.82) is 5.26 Å². The first kappa shape index (κ1) is 15.0. The molecule has 2 rings (SSSR count). The molecule has 0 unspecified atom stereocenters. The molecule has 5 nitrogen and oxygen atoms in total. The standard InChI is InChI=1S/C16H19N3O2/c1-16(2,12-17)8-3-4-9-18-10-7-13-5-6-14(19(20)21)11-15(13)18/h5-7,10-11H,3-4,8-9H2,1-2H3. The van der Waals surface area contributed by atoms with Crippen molar-refractivity contribution < 1.29 is 4.92 Å². The number of rotatable bonds is 6. The van der Waals surface area contributed by atoms with Gasteiger partial charge in [-0.2, -0.15) is 5.26 Å². The first-order chi connectivity index (χ1) is 9.93. The van der Waals surface area contributed by atoms with Gasteiger partial charge in [0, 0.05) is 30.3 Å². The number of benzene rings is 1. The van der Waals surface area contributed by atoms with E-state index in [1.807, 2.05) is 30.7 Å². The van der Waals surface area contributed by atoms with Crippen LogP contribution in [0.4, 0.5) is 5.69 Å². The Labute approximate surface area is 123 Å². The molecule has 110 valence electrons. The van der Waals surface area contributed by atoms with Crippen LogP contribution in [0.5, 0.6) is 0 Å². The van der Waals surface area contributed by atoms with E-state index >= 15 is 0 Å². The number of unbranched alkanes of at least 4 members (excludes halogenated alkanes) is 1. The zero-order valence-corrected chi connectivity index (χ0v) is 12.4. The van der Waals surface area contributed by atoms with Gasteiger partial charge in [0.05, 0.1) is 21.9 Å². The summed E-state index contributed by atoms with van der Waals surface area (Å²) in [4.78, 5) is 10.5. The predicted octanol–water partition coefficient (Wildman–Crippen LogP) is 4.27. The topological polar surface area (TPSA) is 71.9 Å². The van der Waals surface area contributed by atoms with E-state index in [9.17, 15) is 10.1 Å². The molecule has 0 N–H and O–H groups in total. The molecular weight excluding hydrogens is 266 g/mol. The summed E-state index contributed by atoms with van der Waals surface area (Å²) in [5, 5.41) is 20.8. The number of fused-ring (bicyclic) bond motifs is 1. The largest absolute Gasteiger partial charge is 0.347 e. The van der Waals surface area contributed by atoms with Gasteiger partial charge in [0.25, 0.3) is 5.69 Å². The minimum absolute atomic E-state index is 0.119. The molecule has 2 aromatic rings. The molecule has 1 aromatic heterocycles. The number of aromatic nitrogens is 1. The molecule has 5 heteroatoms. The van der Waals surface area contributed by atoms with Crippen molar-refractivity contribution in [2.75, 3.05) is 0 Å². The molecule has 0 bridgehead atoms. The maximum Gasteiger partial charge on any atom is 0.271 e. The number of hydrogen-bond donors (Lipinski definition) is 0. The highest BCUT2D eigenvalue weighted by atomic mass is 16.6. The molecule has 0 aliphatic rings. The van der Waals surface area contributed by atoms with Crippen LogP contribution in [-0.4, -0.2) is 9.49 Å². The minimum Gasteiger partial charge on any atom is -0.347 e. The summed E-state index contributed by atoms with van der Waals surface area (Å²) in [5.74, 6) is 0. The third-order valence-electron chi connectivity index (χ3n) is 3.72. The number of non-ortho nitro benzene ring substituents is 1. The lowest BCUT2D eigenvalue weighted by Gasteiger charge is -2.14. The maximum atomic E-state index is 10.8. The molecule has 0 saturated heterocycles. The first-order valence-corrected chi connectivity index (χ1v) is 7.07. The normalized spacial score (nSPS) is 11.5. The number of hydrogen-bond acceptors (Lipinski definition) is 3. The van der Waals surface area contributed by atoms with Crippen LogP contribution < -0.4 is 0 Å². The fourth-order valence-corrected chi connectivity index (χ4v) is 2.39. The zero-order valence-electron chi connectivity index (χ0n) is 12.4. The fraction of sp³-hybridized carbons (Fsp3) is 0.438. The smallest absolute Gasteiger partial charge is 0.271 e. The molecule has 0 saturated carbocycles. The van der Waals surface area contributed by atoms with Crippen molar-refractivity contribution in [3.63, 3.8) is 0 Å². The number of nitro benzene ring substituents is 1. The minimum atomic E-state index is -0.369. The van der Waals surface area contributed by atoms with Gasteiger partial charge in [-0.05, 0) is 38.8 Å². The van der Waals surface area contributed by atoms with Crippen LogP contribution in [0.2, 0.25) is 0 Å². The van der Waals surface area contributed by atoms with Gasteiger partial charge in [-0.1, -0.05) is 6.42 Å². The van der Waals surface area contributed by atoms with E-state index in [4.69, 9.17) is 5.26 Å². The number of nitro groups is 1. The van der Waals surface area contributed by atoms with E-state index < -0.39 is 0 Å². The summed E-state index contributed by atoms with van der Waals surface area (Å²) in [6, 6.07) is 9.20. The number of nitriles is 1. The van der Waals surface area contributed by atoms with Gasteiger partial charge >= 0.3 is 0 Å². The number of nitrogens with zero attached hydrogens (tertiary/aromatic N) is 3. The first-order valence-electron chi connectivity index (χ1n) is 7.07. The molecule has 0 atom stereocenters. The number of aryl methyl sites for hydroxylation is 1. The average molecular weight is 285 g/mol.